The lowest BCUT2D eigenvalue weighted by Crippen LogP contribution is -2.62. The largest absolute Gasteiger partial charge is 0.508 e. The summed E-state index contributed by atoms with van der Waals surface area (Å²) in [7, 11) is 2.22. The van der Waals surface area contributed by atoms with E-state index in [0.29, 0.717) is 59.3 Å². The monoisotopic (exact) mass is 650 g/mol. The summed E-state index contributed by atoms with van der Waals surface area (Å²) in [6, 6.07) is 10.9. The standard InChI is InChI=1S/C38H40F2N6O2/c1-3-22-5-4-6-23-13-27(47)14-28(32(22)23)33-30(39)15-29-35(34(33)40)42-37(43-36(29)46-18-25-7-8-26(19-46)41-25)48-21-38(10-11-38)20-45-12-9-31-24(17-45)16-44(31)2/h1,4-6,13-15,24-26,31,41,47H,7-12,16-21H2,2H3. The van der Waals surface area contributed by atoms with Gasteiger partial charge in [0.05, 0.1) is 12.2 Å². The number of nitrogens with one attached hydrogen (secondary N) is 1. The van der Waals surface area contributed by atoms with Crippen molar-refractivity contribution in [2.24, 2.45) is 11.3 Å². The molecule has 1 aromatic heterocycles. The van der Waals surface area contributed by atoms with Gasteiger partial charge in [-0.15, -0.1) is 6.42 Å². The van der Waals surface area contributed by atoms with E-state index in [2.05, 4.69) is 38.0 Å². The van der Waals surface area contributed by atoms with E-state index in [1.807, 2.05) is 0 Å². The molecule has 4 unspecified atom stereocenters. The molecule has 8 nitrogen and oxygen atoms in total. The molecule has 4 atom stereocenters. The summed E-state index contributed by atoms with van der Waals surface area (Å²) in [5, 5.41) is 15.6. The van der Waals surface area contributed by atoms with Crippen LogP contribution >= 0.6 is 0 Å². The molecule has 4 aliphatic heterocycles. The molecule has 5 aliphatic rings. The van der Waals surface area contributed by atoms with Gasteiger partial charge in [0.2, 0.25) is 0 Å². The number of aromatic nitrogens is 2. The Balaban J connectivity index is 1.10. The Morgan fingerprint density at radius 1 is 1.06 bits per heavy atom. The quantitative estimate of drug-likeness (QED) is 0.266. The van der Waals surface area contributed by atoms with Crippen LogP contribution in [-0.2, 0) is 0 Å². The highest BCUT2D eigenvalue weighted by Gasteiger charge is 2.48. The van der Waals surface area contributed by atoms with Crippen LogP contribution in [0.1, 0.15) is 37.7 Å². The Morgan fingerprint density at radius 3 is 2.60 bits per heavy atom. The highest BCUT2D eigenvalue weighted by atomic mass is 19.1. The van der Waals surface area contributed by atoms with Gasteiger partial charge in [-0.3, -0.25) is 0 Å². The average molecular weight is 651 g/mol. The van der Waals surface area contributed by atoms with Crippen LogP contribution in [0, 0.1) is 35.3 Å². The van der Waals surface area contributed by atoms with Crippen molar-refractivity contribution in [1.82, 2.24) is 25.1 Å². The Labute approximate surface area is 279 Å². The molecule has 48 heavy (non-hydrogen) atoms. The zero-order valence-electron chi connectivity index (χ0n) is 27.2. The highest BCUT2D eigenvalue weighted by molar-refractivity contribution is 6.04. The number of rotatable bonds is 7. The van der Waals surface area contributed by atoms with Crippen molar-refractivity contribution in [2.75, 3.05) is 57.8 Å². The van der Waals surface area contributed by atoms with E-state index in [1.54, 1.807) is 24.3 Å². The maximum Gasteiger partial charge on any atom is 0.319 e. The molecule has 10 heteroatoms. The predicted molar refractivity (Wildman–Crippen MR) is 182 cm³/mol. The third kappa shape index (κ3) is 5.06. The first-order chi connectivity index (χ1) is 23.3. The van der Waals surface area contributed by atoms with E-state index >= 15 is 8.78 Å². The fraction of sp³-hybridized carbons (Fsp3) is 0.474. The zero-order valence-corrected chi connectivity index (χ0v) is 27.2. The Hall–Kier alpha value is -4.04. The summed E-state index contributed by atoms with van der Waals surface area (Å²) < 4.78 is 39.6. The van der Waals surface area contributed by atoms with E-state index < -0.39 is 11.6 Å². The van der Waals surface area contributed by atoms with Gasteiger partial charge in [0.1, 0.15) is 22.9 Å². The minimum atomic E-state index is -0.829. The molecule has 1 aliphatic carbocycles. The van der Waals surface area contributed by atoms with Gasteiger partial charge in [-0.1, -0.05) is 18.1 Å². The maximum atomic E-state index is 16.9. The number of benzene rings is 3. The second-order valence-electron chi connectivity index (χ2n) is 14.9. The molecule has 5 fully saturated rings. The number of likely N-dealkylation sites (tertiary alicyclic amines) is 2. The minimum absolute atomic E-state index is 0.00650. The van der Waals surface area contributed by atoms with Crippen LogP contribution in [0.4, 0.5) is 14.6 Å². The lowest BCUT2D eigenvalue weighted by Gasteiger charge is -2.52. The Kier molecular flexibility index (Phi) is 7.05. The summed E-state index contributed by atoms with van der Waals surface area (Å²) in [5.74, 6) is 2.16. The number of nitrogens with zero attached hydrogens (tertiary/aromatic N) is 5. The molecule has 3 aromatic carbocycles. The fourth-order valence-electron chi connectivity index (χ4n) is 8.99. The maximum absolute atomic E-state index is 16.9. The molecule has 9 rings (SSSR count). The SMILES string of the molecule is C#Cc1cccc2cc(O)cc(-c3c(F)cc4c(N5CC6CCC(C5)N6)nc(OCC5(CN6CCC7C(C6)CN7C)CC5)nc4c3F)c12. The number of halogens is 2. The lowest BCUT2D eigenvalue weighted by molar-refractivity contribution is -0.0323. The molecule has 248 valence electrons. The van der Waals surface area contributed by atoms with Gasteiger partial charge >= 0.3 is 6.01 Å². The van der Waals surface area contributed by atoms with Gasteiger partial charge in [-0.05, 0) is 81.3 Å². The number of hydrogen-bond acceptors (Lipinski definition) is 8. The van der Waals surface area contributed by atoms with Crippen LogP contribution in [0.2, 0.25) is 0 Å². The van der Waals surface area contributed by atoms with Gasteiger partial charge in [-0.25, -0.2) is 8.78 Å². The molecule has 4 saturated heterocycles. The number of anilines is 1. The van der Waals surface area contributed by atoms with Crippen molar-refractivity contribution in [1.29, 1.82) is 0 Å². The molecule has 1 saturated carbocycles. The van der Waals surface area contributed by atoms with Crippen LogP contribution in [-0.4, -0.2) is 95.9 Å². The lowest BCUT2D eigenvalue weighted by atomic mass is 9.83. The van der Waals surface area contributed by atoms with E-state index in [1.165, 1.54) is 25.1 Å². The van der Waals surface area contributed by atoms with Gasteiger partial charge in [-0.2, -0.15) is 9.97 Å². The van der Waals surface area contributed by atoms with Crippen molar-refractivity contribution >= 4 is 27.5 Å². The number of ether oxygens (including phenoxy) is 1. The van der Waals surface area contributed by atoms with Crippen molar-refractivity contribution in [3.8, 4) is 35.2 Å². The number of phenols is 1. The van der Waals surface area contributed by atoms with Crippen molar-refractivity contribution in [2.45, 2.75) is 50.2 Å². The summed E-state index contributed by atoms with van der Waals surface area (Å²) >= 11 is 0. The number of aromatic hydroxyl groups is 1. The number of phenolic OH excluding ortho intramolecular Hbond substituents is 1. The first-order valence-electron chi connectivity index (χ1n) is 17.3. The van der Waals surface area contributed by atoms with E-state index in [-0.39, 0.29) is 33.8 Å². The molecule has 0 spiro atoms. The van der Waals surface area contributed by atoms with Crippen LogP contribution in [0.5, 0.6) is 11.8 Å². The Morgan fingerprint density at radius 2 is 1.88 bits per heavy atom. The minimum Gasteiger partial charge on any atom is -0.508 e. The van der Waals surface area contributed by atoms with Gasteiger partial charge in [0.15, 0.2) is 5.82 Å². The van der Waals surface area contributed by atoms with Crippen LogP contribution in [0.3, 0.4) is 0 Å². The van der Waals surface area contributed by atoms with Crippen LogP contribution in [0.15, 0.2) is 36.4 Å². The summed E-state index contributed by atoms with van der Waals surface area (Å²) in [6.07, 6.45) is 11.3. The van der Waals surface area contributed by atoms with Gasteiger partial charge in [0.25, 0.3) is 0 Å². The number of fused-ring (bicyclic) bond motifs is 5. The van der Waals surface area contributed by atoms with Gasteiger partial charge < -0.3 is 29.9 Å². The van der Waals surface area contributed by atoms with Crippen molar-refractivity contribution < 1.29 is 18.6 Å². The van der Waals surface area contributed by atoms with Crippen molar-refractivity contribution in [3.05, 3.63) is 53.6 Å². The van der Waals surface area contributed by atoms with E-state index in [4.69, 9.17) is 16.1 Å². The summed E-state index contributed by atoms with van der Waals surface area (Å²) in [5.41, 5.74) is 0.400. The number of hydrogen-bond donors (Lipinski definition) is 2. The average Bonchev–Trinajstić information content (AvgIpc) is 3.75. The normalized spacial score (nSPS) is 26.3. The molecule has 2 N–H and O–H groups in total. The number of piperidine rings is 1. The third-order valence-corrected chi connectivity index (χ3v) is 11.6. The van der Waals surface area contributed by atoms with E-state index in [0.717, 1.165) is 57.3 Å². The molecule has 5 heterocycles. The molecular formula is C38H40F2N6O2. The highest BCUT2D eigenvalue weighted by Crippen LogP contribution is 2.48. The van der Waals surface area contributed by atoms with Crippen LogP contribution < -0.4 is 15.0 Å². The number of piperazine rings is 1. The molecular weight excluding hydrogens is 610 g/mol. The number of terminal acetylenes is 1. The second kappa shape index (κ2) is 11.3. The molecule has 0 amide bonds. The smallest absolute Gasteiger partial charge is 0.319 e. The molecule has 0 radical (unpaired) electrons. The van der Waals surface area contributed by atoms with Crippen molar-refractivity contribution in [3.63, 3.8) is 0 Å². The topological polar surface area (TPSA) is 77.0 Å². The predicted octanol–water partition coefficient (Wildman–Crippen LogP) is 5.15. The van der Waals surface area contributed by atoms with Crippen LogP contribution in [0.25, 0.3) is 32.8 Å². The van der Waals surface area contributed by atoms with E-state index in [9.17, 15) is 5.11 Å². The molecule has 2 bridgehead atoms. The first kappa shape index (κ1) is 30.1. The summed E-state index contributed by atoms with van der Waals surface area (Å²) in [6.45, 7) is 6.20. The third-order valence-electron chi connectivity index (χ3n) is 11.6. The Bertz CT molecular complexity index is 1980. The second-order valence-corrected chi connectivity index (χ2v) is 14.9. The summed E-state index contributed by atoms with van der Waals surface area (Å²) in [4.78, 5) is 16.7. The van der Waals surface area contributed by atoms with Gasteiger partial charge in [0, 0.05) is 78.2 Å². The first-order valence-corrected chi connectivity index (χ1v) is 17.3. The fourth-order valence-corrected chi connectivity index (χ4v) is 8.99. The molecule has 4 aromatic rings. The zero-order chi connectivity index (χ0) is 32.7.